The zero-order chi connectivity index (χ0) is 30.9. The number of likely N-dealkylation sites (tertiary alicyclic amines) is 1. The number of unbranched alkanes of at least 4 members (excludes halogenated alkanes) is 1. The minimum atomic E-state index is -0.719. The zero-order valence-corrected chi connectivity index (χ0v) is 25.7. The first-order valence-corrected chi connectivity index (χ1v) is 15.5. The van der Waals surface area contributed by atoms with Crippen molar-refractivity contribution in [3.05, 3.63) is 101 Å². The number of ether oxygens (including phenoxy) is 3. The lowest BCUT2D eigenvalue weighted by Gasteiger charge is -2.29. The number of nitrogens with zero attached hydrogens (tertiary/aromatic N) is 2. The topological polar surface area (TPSA) is 88.5 Å². The fourth-order valence-electron chi connectivity index (χ4n) is 5.67. The maximum atomic E-state index is 13.5. The molecule has 0 radical (unpaired) electrons. The predicted octanol–water partition coefficient (Wildman–Crippen LogP) is 5.90. The van der Waals surface area contributed by atoms with Gasteiger partial charge in [0.15, 0.2) is 0 Å². The van der Waals surface area contributed by atoms with Crippen LogP contribution in [0, 0.1) is 6.92 Å². The molecule has 1 atom stereocenters. The third-order valence-corrected chi connectivity index (χ3v) is 8.17. The number of ketones is 1. The van der Waals surface area contributed by atoms with Crippen molar-refractivity contribution >= 4 is 17.4 Å². The lowest BCUT2D eigenvalue weighted by atomic mass is 9.94. The standard InChI is InChI=1S/C36H42N2O6/c1-3-4-21-43-31-16-13-29(24-26(31)2)34(39)32-33(28-11-14-30(15-12-28)44-25-27-9-6-5-7-10-27)38(36(41)35(32)40)18-8-17-37-19-22-42-23-20-37/h5-7,9-16,24,33,39H,3-4,8,17-23,25H2,1-2H3. The van der Waals surface area contributed by atoms with Crippen LogP contribution in [-0.2, 0) is 20.9 Å². The van der Waals surface area contributed by atoms with Gasteiger partial charge in [-0.1, -0.05) is 55.8 Å². The number of Topliss-reactive ketones (excluding diaryl/α,β-unsaturated/α-hetero) is 1. The number of hydrogen-bond acceptors (Lipinski definition) is 7. The van der Waals surface area contributed by atoms with Gasteiger partial charge in [0.2, 0.25) is 0 Å². The van der Waals surface area contributed by atoms with Crippen molar-refractivity contribution < 1.29 is 28.9 Å². The first kappa shape index (κ1) is 31.3. The number of rotatable bonds is 13. The molecule has 8 nitrogen and oxygen atoms in total. The Morgan fingerprint density at radius 1 is 0.932 bits per heavy atom. The van der Waals surface area contributed by atoms with Crippen LogP contribution in [0.1, 0.15) is 54.5 Å². The quantitative estimate of drug-likeness (QED) is 0.114. The van der Waals surface area contributed by atoms with Crippen LogP contribution in [0.25, 0.3) is 5.76 Å². The summed E-state index contributed by atoms with van der Waals surface area (Å²) < 4.78 is 17.3. The fraction of sp³-hybridized carbons (Fsp3) is 0.389. The number of morpholine rings is 1. The van der Waals surface area contributed by atoms with Gasteiger partial charge in [-0.3, -0.25) is 14.5 Å². The molecule has 0 saturated carbocycles. The van der Waals surface area contributed by atoms with Gasteiger partial charge < -0.3 is 24.2 Å². The van der Waals surface area contributed by atoms with E-state index in [1.807, 2.05) is 67.6 Å². The van der Waals surface area contributed by atoms with Crippen LogP contribution in [0.4, 0.5) is 0 Å². The summed E-state index contributed by atoms with van der Waals surface area (Å²) in [5.41, 5.74) is 3.21. The minimum absolute atomic E-state index is 0.0957. The smallest absolute Gasteiger partial charge is 0.295 e. The number of carbonyl (C=O) groups excluding carboxylic acids is 2. The average molecular weight is 599 g/mol. The van der Waals surface area contributed by atoms with Crippen molar-refractivity contribution in [2.24, 2.45) is 0 Å². The van der Waals surface area contributed by atoms with Gasteiger partial charge in [0.1, 0.15) is 23.9 Å². The molecular weight excluding hydrogens is 556 g/mol. The van der Waals surface area contributed by atoms with Gasteiger partial charge in [-0.2, -0.15) is 0 Å². The summed E-state index contributed by atoms with van der Waals surface area (Å²) in [6, 6.07) is 22.0. The van der Waals surface area contributed by atoms with Crippen molar-refractivity contribution in [2.45, 2.75) is 45.8 Å². The minimum Gasteiger partial charge on any atom is -0.507 e. The van der Waals surface area contributed by atoms with Crippen LogP contribution in [0.2, 0.25) is 0 Å². The first-order valence-electron chi connectivity index (χ1n) is 15.5. The Morgan fingerprint density at radius 2 is 1.68 bits per heavy atom. The molecule has 1 N–H and O–H groups in total. The van der Waals surface area contributed by atoms with Gasteiger partial charge in [0.25, 0.3) is 11.7 Å². The van der Waals surface area contributed by atoms with E-state index in [-0.39, 0.29) is 11.3 Å². The largest absolute Gasteiger partial charge is 0.507 e. The third kappa shape index (κ3) is 7.49. The fourth-order valence-corrected chi connectivity index (χ4v) is 5.67. The third-order valence-electron chi connectivity index (χ3n) is 8.17. The van der Waals surface area contributed by atoms with Crippen molar-refractivity contribution in [3.63, 3.8) is 0 Å². The van der Waals surface area contributed by atoms with Crippen LogP contribution >= 0.6 is 0 Å². The van der Waals surface area contributed by atoms with E-state index in [4.69, 9.17) is 14.2 Å². The van der Waals surface area contributed by atoms with Gasteiger partial charge in [-0.25, -0.2) is 0 Å². The second kappa shape index (κ2) is 15.0. The lowest BCUT2D eigenvalue weighted by molar-refractivity contribution is -0.140. The number of aliphatic hydroxyl groups is 1. The Hall–Kier alpha value is -4.14. The first-order chi connectivity index (χ1) is 21.5. The molecule has 2 heterocycles. The molecule has 44 heavy (non-hydrogen) atoms. The molecule has 0 aliphatic carbocycles. The average Bonchev–Trinajstić information content (AvgIpc) is 3.30. The second-order valence-corrected chi connectivity index (χ2v) is 11.3. The Labute approximate surface area is 259 Å². The lowest BCUT2D eigenvalue weighted by Crippen LogP contribution is -2.38. The van der Waals surface area contributed by atoms with E-state index >= 15 is 0 Å². The monoisotopic (exact) mass is 598 g/mol. The van der Waals surface area contributed by atoms with Crippen molar-refractivity contribution in [1.82, 2.24) is 9.80 Å². The summed E-state index contributed by atoms with van der Waals surface area (Å²) in [5.74, 6) is -0.0441. The summed E-state index contributed by atoms with van der Waals surface area (Å²) in [5, 5.41) is 11.6. The molecule has 1 amide bonds. The molecule has 2 aliphatic rings. The van der Waals surface area contributed by atoms with E-state index in [1.54, 1.807) is 17.0 Å². The van der Waals surface area contributed by atoms with E-state index in [9.17, 15) is 14.7 Å². The molecule has 0 aromatic heterocycles. The highest BCUT2D eigenvalue weighted by atomic mass is 16.5. The molecule has 3 aromatic carbocycles. The molecule has 0 spiro atoms. The highest BCUT2D eigenvalue weighted by molar-refractivity contribution is 6.46. The SMILES string of the molecule is CCCCOc1ccc(C(O)=C2C(=O)C(=O)N(CCCN3CCOCC3)C2c2ccc(OCc3ccccc3)cc2)cc1C. The summed E-state index contributed by atoms with van der Waals surface area (Å²) in [6.45, 7) is 9.35. The van der Waals surface area contributed by atoms with Crippen LogP contribution in [0.15, 0.2) is 78.4 Å². The Morgan fingerprint density at radius 3 is 2.39 bits per heavy atom. The van der Waals surface area contributed by atoms with Crippen LogP contribution in [-0.4, -0.2) is 72.6 Å². The molecule has 5 rings (SSSR count). The van der Waals surface area contributed by atoms with E-state index < -0.39 is 17.7 Å². The molecule has 0 bridgehead atoms. The van der Waals surface area contributed by atoms with Gasteiger partial charge in [0.05, 0.1) is 31.4 Å². The van der Waals surface area contributed by atoms with Crippen molar-refractivity contribution in [3.8, 4) is 11.5 Å². The van der Waals surface area contributed by atoms with Crippen LogP contribution in [0.5, 0.6) is 11.5 Å². The normalized spacial score (nSPS) is 18.5. The molecule has 2 fully saturated rings. The predicted molar refractivity (Wildman–Crippen MR) is 170 cm³/mol. The maximum absolute atomic E-state index is 13.5. The number of hydrogen-bond donors (Lipinski definition) is 1. The van der Waals surface area contributed by atoms with Crippen LogP contribution in [0.3, 0.4) is 0 Å². The molecular formula is C36H42N2O6. The number of amides is 1. The molecule has 232 valence electrons. The molecule has 2 saturated heterocycles. The zero-order valence-electron chi connectivity index (χ0n) is 25.7. The Kier molecular flexibility index (Phi) is 10.7. The van der Waals surface area contributed by atoms with E-state index in [0.29, 0.717) is 50.7 Å². The summed E-state index contributed by atoms with van der Waals surface area (Å²) >= 11 is 0. The van der Waals surface area contributed by atoms with Crippen LogP contribution < -0.4 is 9.47 Å². The highest BCUT2D eigenvalue weighted by Crippen LogP contribution is 2.40. The Balaban J connectivity index is 1.42. The van der Waals surface area contributed by atoms with Gasteiger partial charge in [0, 0.05) is 31.7 Å². The summed E-state index contributed by atoms with van der Waals surface area (Å²) in [6.07, 6.45) is 2.68. The van der Waals surface area contributed by atoms with Crippen molar-refractivity contribution in [2.75, 3.05) is 46.0 Å². The second-order valence-electron chi connectivity index (χ2n) is 11.3. The van der Waals surface area contributed by atoms with Gasteiger partial charge in [-0.15, -0.1) is 0 Å². The Bertz CT molecular complexity index is 1450. The van der Waals surface area contributed by atoms with E-state index in [2.05, 4.69) is 11.8 Å². The number of aliphatic hydroxyl groups excluding tert-OH is 1. The van der Waals surface area contributed by atoms with E-state index in [1.165, 1.54) is 0 Å². The molecule has 1 unspecified atom stereocenters. The van der Waals surface area contributed by atoms with E-state index in [0.717, 1.165) is 54.9 Å². The maximum Gasteiger partial charge on any atom is 0.295 e. The summed E-state index contributed by atoms with van der Waals surface area (Å²) in [4.78, 5) is 30.9. The molecule has 2 aliphatic heterocycles. The molecule has 3 aromatic rings. The number of benzene rings is 3. The number of aryl methyl sites for hydroxylation is 1. The molecule has 8 heteroatoms. The van der Waals surface area contributed by atoms with Gasteiger partial charge in [-0.05, 0) is 66.8 Å². The summed E-state index contributed by atoms with van der Waals surface area (Å²) in [7, 11) is 0. The number of carbonyl (C=O) groups is 2. The van der Waals surface area contributed by atoms with Crippen molar-refractivity contribution in [1.29, 1.82) is 0 Å². The van der Waals surface area contributed by atoms with Gasteiger partial charge >= 0.3 is 0 Å². The highest BCUT2D eigenvalue weighted by Gasteiger charge is 2.45.